The maximum Gasteiger partial charge on any atom is 0.254 e. The number of amides is 2. The van der Waals surface area contributed by atoms with E-state index in [2.05, 4.69) is 4.90 Å². The van der Waals surface area contributed by atoms with Gasteiger partial charge in [-0.3, -0.25) is 14.5 Å². The number of aromatic nitrogens is 2. The number of likely N-dealkylation sites (N-methyl/N-ethyl adjacent to an activating group) is 1. The number of piperidine rings is 1. The van der Waals surface area contributed by atoms with Crippen LogP contribution in [0.15, 0.2) is 66.7 Å². The molecule has 1 fully saturated rings. The highest BCUT2D eigenvalue weighted by molar-refractivity contribution is 6.03. The first kappa shape index (κ1) is 25.0. The molecule has 0 radical (unpaired) electrons. The summed E-state index contributed by atoms with van der Waals surface area (Å²) in [4.78, 5) is 27.9. The Balaban J connectivity index is 1.53. The van der Waals surface area contributed by atoms with E-state index in [1.165, 1.54) is 4.90 Å². The van der Waals surface area contributed by atoms with Crippen molar-refractivity contribution < 1.29 is 14.3 Å². The molecular formula is C27H32N6O3. The van der Waals surface area contributed by atoms with Gasteiger partial charge in [-0.2, -0.15) is 5.10 Å². The minimum absolute atomic E-state index is 0.00997. The number of likely N-dealkylation sites (tertiary alicyclic amines) is 1. The topological polar surface area (TPSA) is 120 Å². The molecule has 0 saturated carbocycles. The molecule has 1 saturated heterocycles. The van der Waals surface area contributed by atoms with Gasteiger partial charge in [0.05, 0.1) is 6.04 Å². The summed E-state index contributed by atoms with van der Waals surface area (Å²) in [5.74, 6) is 1.01. The fraction of sp³-hybridized carbons (Fsp3) is 0.296. The Hall–Kier alpha value is -4.11. The fourth-order valence-corrected chi connectivity index (χ4v) is 4.32. The quantitative estimate of drug-likeness (QED) is 0.470. The van der Waals surface area contributed by atoms with Crippen LogP contribution in [0.5, 0.6) is 11.5 Å². The number of anilines is 1. The molecule has 0 spiro atoms. The summed E-state index contributed by atoms with van der Waals surface area (Å²) in [5, 5.41) is 4.75. The lowest BCUT2D eigenvalue weighted by Gasteiger charge is -2.32. The van der Waals surface area contributed by atoms with Gasteiger partial charge < -0.3 is 21.1 Å². The number of rotatable bonds is 8. The Morgan fingerprint density at radius 1 is 1.11 bits per heavy atom. The zero-order valence-corrected chi connectivity index (χ0v) is 20.6. The zero-order chi connectivity index (χ0) is 25.7. The molecular weight excluding hydrogens is 456 g/mol. The zero-order valence-electron chi connectivity index (χ0n) is 20.6. The molecule has 1 unspecified atom stereocenters. The second-order valence-corrected chi connectivity index (χ2v) is 9.05. The van der Waals surface area contributed by atoms with Gasteiger partial charge >= 0.3 is 0 Å². The molecule has 3 aromatic rings. The van der Waals surface area contributed by atoms with Crippen LogP contribution in [0.1, 0.15) is 29.2 Å². The molecule has 9 nitrogen and oxygen atoms in total. The predicted octanol–water partition coefficient (Wildman–Crippen LogP) is 3.30. The Labute approximate surface area is 210 Å². The number of hydrogen-bond acceptors (Lipinski definition) is 6. The number of nitrogen functional groups attached to an aromatic ring is 1. The van der Waals surface area contributed by atoms with Crippen molar-refractivity contribution in [3.63, 3.8) is 0 Å². The fourth-order valence-electron chi connectivity index (χ4n) is 4.32. The largest absolute Gasteiger partial charge is 0.457 e. The first-order valence-electron chi connectivity index (χ1n) is 11.9. The van der Waals surface area contributed by atoms with Gasteiger partial charge in [-0.25, -0.2) is 4.68 Å². The molecule has 4 rings (SSSR count). The molecule has 1 atom stereocenters. The van der Waals surface area contributed by atoms with Gasteiger partial charge in [0, 0.05) is 38.8 Å². The van der Waals surface area contributed by atoms with E-state index in [1.54, 1.807) is 24.9 Å². The summed E-state index contributed by atoms with van der Waals surface area (Å²) in [6.45, 7) is 2.26. The van der Waals surface area contributed by atoms with Crippen LogP contribution < -0.4 is 16.2 Å². The highest BCUT2D eigenvalue weighted by Crippen LogP contribution is 2.33. The van der Waals surface area contributed by atoms with Crippen molar-refractivity contribution in [2.24, 2.45) is 5.73 Å². The number of carbonyl (C=O) groups is 2. The smallest absolute Gasteiger partial charge is 0.254 e. The standard InChI is InChI=1S/C27H32N6O3/c1-31(2)23(34)11-7-17-32-16-6-8-20(18-32)33-26(28)24(27(29)35)25(30-33)19-12-14-22(15-13-19)36-21-9-4-3-5-10-21/h3-5,7,9-15,20H,6,8,16-18,28H2,1-2H3,(H2,29,35). The number of primary amides is 1. The molecule has 2 aromatic carbocycles. The second-order valence-electron chi connectivity index (χ2n) is 9.05. The average Bonchev–Trinajstić information content (AvgIpc) is 3.22. The van der Waals surface area contributed by atoms with Crippen LogP contribution in [-0.4, -0.2) is 65.1 Å². The third-order valence-corrected chi connectivity index (χ3v) is 6.19. The number of nitrogens with two attached hydrogens (primary N) is 2. The van der Waals surface area contributed by atoms with E-state index >= 15 is 0 Å². The maximum atomic E-state index is 12.4. The Kier molecular flexibility index (Phi) is 7.70. The van der Waals surface area contributed by atoms with Crippen LogP contribution in [0, 0.1) is 0 Å². The Bertz CT molecular complexity index is 1230. The Morgan fingerprint density at radius 3 is 2.47 bits per heavy atom. The number of hydrogen-bond donors (Lipinski definition) is 2. The van der Waals surface area contributed by atoms with Crippen LogP contribution in [-0.2, 0) is 4.79 Å². The molecule has 1 aliphatic heterocycles. The number of benzene rings is 2. The molecule has 4 N–H and O–H groups in total. The van der Waals surface area contributed by atoms with Gasteiger partial charge in [-0.15, -0.1) is 0 Å². The summed E-state index contributed by atoms with van der Waals surface area (Å²) < 4.78 is 7.59. The van der Waals surface area contributed by atoms with Crippen molar-refractivity contribution in [3.05, 3.63) is 72.3 Å². The van der Waals surface area contributed by atoms with E-state index in [0.717, 1.165) is 30.7 Å². The highest BCUT2D eigenvalue weighted by Gasteiger charge is 2.28. The van der Waals surface area contributed by atoms with Crippen LogP contribution in [0.2, 0.25) is 0 Å². The van der Waals surface area contributed by atoms with Crippen LogP contribution >= 0.6 is 0 Å². The summed E-state index contributed by atoms with van der Waals surface area (Å²) in [5.41, 5.74) is 13.5. The normalized spacial score (nSPS) is 16.2. The van der Waals surface area contributed by atoms with Crippen molar-refractivity contribution in [1.82, 2.24) is 19.6 Å². The van der Waals surface area contributed by atoms with Gasteiger partial charge in [0.1, 0.15) is 28.6 Å². The van der Waals surface area contributed by atoms with Gasteiger partial charge in [-0.1, -0.05) is 24.3 Å². The molecule has 2 heterocycles. The molecule has 9 heteroatoms. The minimum Gasteiger partial charge on any atom is -0.457 e. The SMILES string of the molecule is CN(C)C(=O)C=CCN1CCCC(n2nc(-c3ccc(Oc4ccccc4)cc3)c(C(N)=O)c2N)C1. The predicted molar refractivity (Wildman–Crippen MR) is 140 cm³/mol. The van der Waals surface area contributed by atoms with Crippen molar-refractivity contribution in [3.8, 4) is 22.8 Å². The van der Waals surface area contributed by atoms with E-state index in [4.69, 9.17) is 21.3 Å². The molecule has 0 aliphatic carbocycles. The van der Waals surface area contributed by atoms with Crippen LogP contribution in [0.4, 0.5) is 5.82 Å². The lowest BCUT2D eigenvalue weighted by Crippen LogP contribution is -2.37. The monoisotopic (exact) mass is 488 g/mol. The molecule has 1 aliphatic rings. The van der Waals surface area contributed by atoms with Crippen molar-refractivity contribution >= 4 is 17.6 Å². The molecule has 188 valence electrons. The maximum absolute atomic E-state index is 12.4. The summed E-state index contributed by atoms with van der Waals surface area (Å²) in [6, 6.07) is 16.8. The summed E-state index contributed by atoms with van der Waals surface area (Å²) in [6.07, 6.45) is 5.28. The van der Waals surface area contributed by atoms with Gasteiger partial charge in [0.2, 0.25) is 5.91 Å². The van der Waals surface area contributed by atoms with E-state index in [-0.39, 0.29) is 23.3 Å². The van der Waals surface area contributed by atoms with Crippen molar-refractivity contribution in [1.29, 1.82) is 0 Å². The number of nitrogens with zero attached hydrogens (tertiary/aromatic N) is 4. The lowest BCUT2D eigenvalue weighted by molar-refractivity contribution is -0.123. The van der Waals surface area contributed by atoms with E-state index < -0.39 is 5.91 Å². The first-order chi connectivity index (χ1) is 17.3. The highest BCUT2D eigenvalue weighted by atomic mass is 16.5. The van der Waals surface area contributed by atoms with Crippen LogP contribution in [0.3, 0.4) is 0 Å². The molecule has 0 bridgehead atoms. The van der Waals surface area contributed by atoms with Gasteiger partial charge in [0.15, 0.2) is 0 Å². The van der Waals surface area contributed by atoms with E-state index in [1.807, 2.05) is 60.7 Å². The molecule has 1 aromatic heterocycles. The summed E-state index contributed by atoms with van der Waals surface area (Å²) >= 11 is 0. The second kappa shape index (κ2) is 11.1. The lowest BCUT2D eigenvalue weighted by atomic mass is 10.1. The van der Waals surface area contributed by atoms with Gasteiger partial charge in [0.25, 0.3) is 5.91 Å². The molecule has 2 amide bonds. The van der Waals surface area contributed by atoms with Crippen LogP contribution in [0.25, 0.3) is 11.3 Å². The van der Waals surface area contributed by atoms with Crippen molar-refractivity contribution in [2.45, 2.75) is 18.9 Å². The summed E-state index contributed by atoms with van der Waals surface area (Å²) in [7, 11) is 3.45. The van der Waals surface area contributed by atoms with E-state index in [9.17, 15) is 9.59 Å². The molecule has 36 heavy (non-hydrogen) atoms. The number of carbonyl (C=O) groups excluding carboxylic acids is 2. The first-order valence-corrected chi connectivity index (χ1v) is 11.9. The van der Waals surface area contributed by atoms with E-state index in [0.29, 0.717) is 24.5 Å². The third-order valence-electron chi connectivity index (χ3n) is 6.19. The van der Waals surface area contributed by atoms with Gasteiger partial charge in [-0.05, 0) is 55.8 Å². The minimum atomic E-state index is -0.615. The average molecular weight is 489 g/mol. The van der Waals surface area contributed by atoms with Crippen molar-refractivity contribution in [2.75, 3.05) is 39.5 Å². The number of para-hydroxylation sites is 1. The third kappa shape index (κ3) is 5.75. The Morgan fingerprint density at radius 2 is 1.81 bits per heavy atom. The number of ether oxygens (including phenoxy) is 1.